The molecule has 0 fully saturated rings. The summed E-state index contributed by atoms with van der Waals surface area (Å²) in [6.45, 7) is 4.41. The monoisotopic (exact) mass is 209 g/mol. The quantitative estimate of drug-likeness (QED) is 0.569. The molecule has 0 heterocycles. The molecule has 0 saturated heterocycles. The van der Waals surface area contributed by atoms with Crippen LogP contribution in [0.2, 0.25) is 0 Å². The normalized spacial score (nSPS) is 14.4. The van der Waals surface area contributed by atoms with E-state index in [1.807, 2.05) is 6.92 Å². The van der Waals surface area contributed by atoms with E-state index in [0.29, 0.717) is 19.5 Å². The molecule has 2 N–H and O–H groups in total. The second-order valence-electron chi connectivity index (χ2n) is 3.00. The van der Waals surface area contributed by atoms with E-state index in [1.165, 1.54) is 0 Å². The van der Waals surface area contributed by atoms with Crippen LogP contribution < -0.4 is 5.32 Å². The molecule has 0 aromatic heterocycles. The van der Waals surface area contributed by atoms with Crippen molar-refractivity contribution < 1.29 is 13.5 Å². The lowest BCUT2D eigenvalue weighted by atomic mass is 10.3. The van der Waals surface area contributed by atoms with Crippen LogP contribution in [0.1, 0.15) is 20.3 Å². The molecule has 0 aliphatic heterocycles. The minimum absolute atomic E-state index is 0.153. The highest BCUT2D eigenvalue weighted by Crippen LogP contribution is 1.89. The minimum Gasteiger partial charge on any atom is -0.392 e. The van der Waals surface area contributed by atoms with Crippen molar-refractivity contribution in [2.24, 2.45) is 0 Å². The second kappa shape index (κ2) is 6.34. The van der Waals surface area contributed by atoms with Gasteiger partial charge >= 0.3 is 0 Å². The fourth-order valence-electron chi connectivity index (χ4n) is 0.785. The summed E-state index contributed by atoms with van der Waals surface area (Å²) < 4.78 is 22.0. The van der Waals surface area contributed by atoms with E-state index < -0.39 is 9.84 Å². The van der Waals surface area contributed by atoms with Crippen molar-refractivity contribution in [3.8, 4) is 0 Å². The molecule has 0 saturated carbocycles. The molecule has 80 valence electrons. The summed E-state index contributed by atoms with van der Waals surface area (Å²) in [5.74, 6) is 0.338. The van der Waals surface area contributed by atoms with Gasteiger partial charge < -0.3 is 10.4 Å². The topological polar surface area (TPSA) is 66.4 Å². The molecule has 13 heavy (non-hydrogen) atoms. The first-order valence-corrected chi connectivity index (χ1v) is 6.43. The first-order valence-electron chi connectivity index (χ1n) is 4.61. The number of sulfone groups is 1. The number of nitrogens with one attached hydrogen (secondary N) is 1. The van der Waals surface area contributed by atoms with Crippen LogP contribution in [0.25, 0.3) is 0 Å². The van der Waals surface area contributed by atoms with Crippen molar-refractivity contribution in [2.75, 3.05) is 24.6 Å². The van der Waals surface area contributed by atoms with Gasteiger partial charge in [-0.05, 0) is 6.42 Å². The lowest BCUT2D eigenvalue weighted by Crippen LogP contribution is -2.30. The van der Waals surface area contributed by atoms with E-state index in [9.17, 15) is 8.42 Å². The standard InChI is InChI=1S/C8H19NO3S/c1-3-8(10)7-9-5-6-13(11,12)4-2/h8-10H,3-7H2,1-2H3. The molecule has 0 aromatic rings. The smallest absolute Gasteiger partial charge is 0.151 e. The average Bonchev–Trinajstić information content (AvgIpc) is 2.12. The molecule has 0 amide bonds. The Morgan fingerprint density at radius 2 is 2.00 bits per heavy atom. The van der Waals surface area contributed by atoms with E-state index in [1.54, 1.807) is 6.92 Å². The number of aliphatic hydroxyl groups excluding tert-OH is 1. The highest BCUT2D eigenvalue weighted by molar-refractivity contribution is 7.91. The van der Waals surface area contributed by atoms with E-state index in [4.69, 9.17) is 5.11 Å². The number of aliphatic hydroxyl groups is 1. The maximum Gasteiger partial charge on any atom is 0.151 e. The second-order valence-corrected chi connectivity index (χ2v) is 5.48. The highest BCUT2D eigenvalue weighted by atomic mass is 32.2. The average molecular weight is 209 g/mol. The lowest BCUT2D eigenvalue weighted by molar-refractivity contribution is 0.168. The first kappa shape index (κ1) is 12.9. The lowest BCUT2D eigenvalue weighted by Gasteiger charge is -2.08. The Bertz CT molecular complexity index is 213. The highest BCUT2D eigenvalue weighted by Gasteiger charge is 2.06. The summed E-state index contributed by atoms with van der Waals surface area (Å²) >= 11 is 0. The van der Waals surface area contributed by atoms with Gasteiger partial charge in [-0.3, -0.25) is 0 Å². The number of rotatable bonds is 7. The van der Waals surface area contributed by atoms with Gasteiger partial charge in [0.15, 0.2) is 9.84 Å². The van der Waals surface area contributed by atoms with Gasteiger partial charge in [0, 0.05) is 18.8 Å². The van der Waals surface area contributed by atoms with Gasteiger partial charge in [0.25, 0.3) is 0 Å². The Hall–Kier alpha value is -0.130. The summed E-state index contributed by atoms with van der Waals surface area (Å²) in [5, 5.41) is 12.0. The Kier molecular flexibility index (Phi) is 6.28. The van der Waals surface area contributed by atoms with E-state index in [2.05, 4.69) is 5.32 Å². The molecule has 0 aliphatic rings. The van der Waals surface area contributed by atoms with Crippen LogP contribution in [-0.2, 0) is 9.84 Å². The fourth-order valence-corrected chi connectivity index (χ4v) is 1.53. The van der Waals surface area contributed by atoms with Gasteiger partial charge in [0.05, 0.1) is 11.9 Å². The molecule has 0 rings (SSSR count). The van der Waals surface area contributed by atoms with Gasteiger partial charge in [-0.25, -0.2) is 8.42 Å². The Labute approximate surface area is 80.3 Å². The fraction of sp³-hybridized carbons (Fsp3) is 1.00. The summed E-state index contributed by atoms with van der Waals surface area (Å²) in [6.07, 6.45) is 0.317. The molecule has 0 spiro atoms. The maximum absolute atomic E-state index is 11.0. The molecule has 0 radical (unpaired) electrons. The van der Waals surface area contributed by atoms with Crippen LogP contribution in [0.4, 0.5) is 0 Å². The van der Waals surface area contributed by atoms with Crippen molar-refractivity contribution in [1.29, 1.82) is 0 Å². The number of hydrogen-bond donors (Lipinski definition) is 2. The van der Waals surface area contributed by atoms with Gasteiger partial charge in [-0.1, -0.05) is 13.8 Å². The van der Waals surface area contributed by atoms with Crippen LogP contribution in [-0.4, -0.2) is 44.2 Å². The van der Waals surface area contributed by atoms with Crippen LogP contribution in [0.5, 0.6) is 0 Å². The summed E-state index contributed by atoms with van der Waals surface area (Å²) in [7, 11) is -2.87. The van der Waals surface area contributed by atoms with Gasteiger partial charge in [0.2, 0.25) is 0 Å². The predicted octanol–water partition coefficient (Wildman–Crippen LogP) is -0.218. The zero-order valence-corrected chi connectivity index (χ0v) is 9.10. The first-order chi connectivity index (χ1) is 6.02. The number of hydrogen-bond acceptors (Lipinski definition) is 4. The summed E-state index contributed by atoms with van der Waals surface area (Å²) in [5.41, 5.74) is 0. The minimum atomic E-state index is -2.87. The van der Waals surface area contributed by atoms with Crippen LogP contribution in [0, 0.1) is 0 Å². The zero-order valence-electron chi connectivity index (χ0n) is 8.28. The third-order valence-electron chi connectivity index (χ3n) is 1.88. The molecule has 0 bridgehead atoms. The SMILES string of the molecule is CCC(O)CNCCS(=O)(=O)CC. The molecule has 5 heteroatoms. The largest absolute Gasteiger partial charge is 0.392 e. The molecule has 4 nitrogen and oxygen atoms in total. The van der Waals surface area contributed by atoms with E-state index in [0.717, 1.165) is 0 Å². The molecule has 0 aromatic carbocycles. The third kappa shape index (κ3) is 6.98. The molecular formula is C8H19NO3S. The summed E-state index contributed by atoms with van der Waals surface area (Å²) in [6, 6.07) is 0. The third-order valence-corrected chi connectivity index (χ3v) is 3.59. The van der Waals surface area contributed by atoms with Crippen molar-refractivity contribution in [3.63, 3.8) is 0 Å². The molecular weight excluding hydrogens is 190 g/mol. The van der Waals surface area contributed by atoms with E-state index in [-0.39, 0.29) is 17.6 Å². The molecule has 1 unspecified atom stereocenters. The van der Waals surface area contributed by atoms with Gasteiger partial charge in [0.1, 0.15) is 0 Å². The van der Waals surface area contributed by atoms with Crippen molar-refractivity contribution >= 4 is 9.84 Å². The van der Waals surface area contributed by atoms with Crippen LogP contribution in [0.15, 0.2) is 0 Å². The van der Waals surface area contributed by atoms with Crippen LogP contribution in [0.3, 0.4) is 0 Å². The van der Waals surface area contributed by atoms with Gasteiger partial charge in [-0.2, -0.15) is 0 Å². The Balaban J connectivity index is 3.47. The predicted molar refractivity (Wildman–Crippen MR) is 53.5 cm³/mol. The van der Waals surface area contributed by atoms with E-state index >= 15 is 0 Å². The Morgan fingerprint density at radius 1 is 1.38 bits per heavy atom. The van der Waals surface area contributed by atoms with Crippen LogP contribution >= 0.6 is 0 Å². The maximum atomic E-state index is 11.0. The molecule has 0 aliphatic carbocycles. The zero-order chi connectivity index (χ0) is 10.3. The van der Waals surface area contributed by atoms with Crippen molar-refractivity contribution in [1.82, 2.24) is 5.32 Å². The van der Waals surface area contributed by atoms with Crippen molar-refractivity contribution in [2.45, 2.75) is 26.4 Å². The van der Waals surface area contributed by atoms with Gasteiger partial charge in [-0.15, -0.1) is 0 Å². The van der Waals surface area contributed by atoms with Crippen molar-refractivity contribution in [3.05, 3.63) is 0 Å². The molecule has 1 atom stereocenters. The summed E-state index contributed by atoms with van der Waals surface area (Å²) in [4.78, 5) is 0. The Morgan fingerprint density at radius 3 is 2.46 bits per heavy atom.